The maximum absolute atomic E-state index is 13.2. The summed E-state index contributed by atoms with van der Waals surface area (Å²) in [6.45, 7) is -1.09. The highest BCUT2D eigenvalue weighted by Crippen LogP contribution is 2.32. The Balaban J connectivity index is 1.78. The highest BCUT2D eigenvalue weighted by Gasteiger charge is 2.41. The molecule has 26 heavy (non-hydrogen) atoms. The number of nitro benzene ring substituents is 1. The second kappa shape index (κ2) is 7.54. The van der Waals surface area contributed by atoms with Crippen molar-refractivity contribution in [2.75, 3.05) is 6.61 Å². The third-order valence-corrected chi connectivity index (χ3v) is 3.44. The topological polar surface area (TPSA) is 108 Å². The predicted molar refractivity (Wildman–Crippen MR) is 75.6 cm³/mol. The summed E-state index contributed by atoms with van der Waals surface area (Å²) < 4.78 is 58.0. The molecule has 1 N–H and O–H groups in total. The fourth-order valence-electron chi connectivity index (χ4n) is 2.17. The molecule has 0 aromatic heterocycles. The van der Waals surface area contributed by atoms with Gasteiger partial charge >= 0.3 is 17.8 Å². The maximum atomic E-state index is 13.2. The number of benzene rings is 1. The quantitative estimate of drug-likeness (QED) is 0.349. The number of alkyl halides is 3. The van der Waals surface area contributed by atoms with Crippen molar-refractivity contribution in [2.45, 2.75) is 31.2 Å². The minimum absolute atomic E-state index is 0.201. The predicted octanol–water partition coefficient (Wildman–Crippen LogP) is 1.87. The average Bonchev–Trinajstić information content (AvgIpc) is 2.49. The van der Waals surface area contributed by atoms with E-state index < -0.39 is 53.2 Å². The van der Waals surface area contributed by atoms with Gasteiger partial charge in [-0.15, -0.1) is 0 Å². The Labute approximate surface area is 143 Å². The number of amides is 1. The van der Waals surface area contributed by atoms with Gasteiger partial charge in [-0.25, -0.2) is 9.18 Å². The van der Waals surface area contributed by atoms with Crippen LogP contribution in [0, 0.1) is 15.9 Å². The number of nitrogens with one attached hydrogen (secondary N) is 1. The normalized spacial score (nSPS) is 19.2. The van der Waals surface area contributed by atoms with Gasteiger partial charge in [0.1, 0.15) is 11.9 Å². The van der Waals surface area contributed by atoms with E-state index in [4.69, 9.17) is 4.74 Å². The summed E-state index contributed by atoms with van der Waals surface area (Å²) >= 11 is 0. The largest absolute Gasteiger partial charge is 0.490 e. The molecule has 1 saturated carbocycles. The number of nitrogens with zero attached hydrogens (tertiary/aromatic N) is 1. The van der Waals surface area contributed by atoms with Gasteiger partial charge in [0.2, 0.25) is 0 Å². The Bertz CT molecular complexity index is 718. The average molecular weight is 380 g/mol. The van der Waals surface area contributed by atoms with Gasteiger partial charge < -0.3 is 14.8 Å². The van der Waals surface area contributed by atoms with Crippen molar-refractivity contribution >= 4 is 17.6 Å². The van der Waals surface area contributed by atoms with Gasteiger partial charge in [-0.2, -0.15) is 13.2 Å². The van der Waals surface area contributed by atoms with Gasteiger partial charge in [0.25, 0.3) is 5.91 Å². The third-order valence-electron chi connectivity index (χ3n) is 3.44. The van der Waals surface area contributed by atoms with Crippen LogP contribution in [0.2, 0.25) is 0 Å². The fourth-order valence-corrected chi connectivity index (χ4v) is 2.17. The fraction of sp³-hybridized carbons (Fsp3) is 0.429. The Morgan fingerprint density at radius 3 is 2.54 bits per heavy atom. The van der Waals surface area contributed by atoms with Crippen molar-refractivity contribution < 1.29 is 41.5 Å². The van der Waals surface area contributed by atoms with Gasteiger partial charge in [0, 0.05) is 31.0 Å². The van der Waals surface area contributed by atoms with Crippen LogP contribution < -0.4 is 10.1 Å². The lowest BCUT2D eigenvalue weighted by atomic mass is 9.89. The number of hydrogen-bond donors (Lipinski definition) is 1. The number of carbonyl (C=O) groups excluding carboxylic acids is 2. The third kappa shape index (κ3) is 5.04. The van der Waals surface area contributed by atoms with Crippen LogP contribution in [0.15, 0.2) is 18.2 Å². The molecule has 0 saturated heterocycles. The molecule has 1 fully saturated rings. The summed E-state index contributed by atoms with van der Waals surface area (Å²) in [5.74, 6) is -4.38. The standard InChI is InChI=1S/C14H12F4N2O6/c15-7-1-2-10(20(23)24)11(3-7)26-9-4-8(5-9)19-12(21)6-25-13(22)14(16,17)18/h1-3,8-9H,4-6H2,(H,19,21). The van der Waals surface area contributed by atoms with Gasteiger partial charge in [0.05, 0.1) is 4.92 Å². The molecular formula is C14H12F4N2O6. The van der Waals surface area contributed by atoms with Crippen LogP contribution in [0.5, 0.6) is 5.75 Å². The van der Waals surface area contributed by atoms with Gasteiger partial charge in [-0.3, -0.25) is 14.9 Å². The molecule has 2 rings (SSSR count). The zero-order chi connectivity index (χ0) is 19.5. The van der Waals surface area contributed by atoms with Crippen LogP contribution in [-0.2, 0) is 14.3 Å². The van der Waals surface area contributed by atoms with Crippen LogP contribution in [-0.4, -0.2) is 41.7 Å². The van der Waals surface area contributed by atoms with E-state index in [0.29, 0.717) is 0 Å². The number of hydrogen-bond acceptors (Lipinski definition) is 6. The van der Waals surface area contributed by atoms with Crippen LogP contribution >= 0.6 is 0 Å². The maximum Gasteiger partial charge on any atom is 0.490 e. The van der Waals surface area contributed by atoms with Crippen LogP contribution in [0.3, 0.4) is 0 Å². The van der Waals surface area contributed by atoms with Crippen molar-refractivity contribution in [3.8, 4) is 5.75 Å². The Morgan fingerprint density at radius 1 is 1.31 bits per heavy atom. The van der Waals surface area contributed by atoms with Gasteiger partial charge in [-0.05, 0) is 6.07 Å². The summed E-state index contributed by atoms with van der Waals surface area (Å²) in [4.78, 5) is 32.0. The Kier molecular flexibility index (Phi) is 5.63. The van der Waals surface area contributed by atoms with E-state index in [0.717, 1.165) is 18.2 Å². The first-order valence-corrected chi connectivity index (χ1v) is 7.20. The molecule has 1 aliphatic carbocycles. The summed E-state index contributed by atoms with van der Waals surface area (Å²) in [6, 6.07) is 2.26. The van der Waals surface area contributed by atoms with E-state index in [9.17, 15) is 37.3 Å². The van der Waals surface area contributed by atoms with Crippen LogP contribution in [0.1, 0.15) is 12.8 Å². The molecule has 0 atom stereocenters. The van der Waals surface area contributed by atoms with E-state index in [1.165, 1.54) is 0 Å². The van der Waals surface area contributed by atoms with Crippen molar-refractivity contribution in [2.24, 2.45) is 0 Å². The molecule has 0 aliphatic heterocycles. The first kappa shape index (κ1) is 19.4. The Morgan fingerprint density at radius 2 is 1.96 bits per heavy atom. The molecule has 0 spiro atoms. The molecule has 12 heteroatoms. The van der Waals surface area contributed by atoms with E-state index >= 15 is 0 Å². The molecule has 8 nitrogen and oxygen atoms in total. The molecule has 0 heterocycles. The second-order valence-corrected chi connectivity index (χ2v) is 5.42. The molecule has 1 amide bonds. The molecule has 1 aromatic rings. The minimum atomic E-state index is -5.19. The first-order chi connectivity index (χ1) is 12.1. The SMILES string of the molecule is O=C(COC(=O)C(F)(F)F)NC1CC(Oc2cc(F)ccc2[N+](=O)[O-])C1. The number of ether oxygens (including phenoxy) is 2. The first-order valence-electron chi connectivity index (χ1n) is 7.20. The molecule has 0 unspecified atom stereocenters. The van der Waals surface area contributed by atoms with Crippen molar-refractivity contribution in [1.82, 2.24) is 5.32 Å². The molecule has 0 radical (unpaired) electrons. The summed E-state index contributed by atoms with van der Waals surface area (Å²) in [5, 5.41) is 13.2. The lowest BCUT2D eigenvalue weighted by molar-refractivity contribution is -0.386. The molecule has 142 valence electrons. The van der Waals surface area contributed by atoms with Crippen molar-refractivity contribution in [3.63, 3.8) is 0 Å². The minimum Gasteiger partial charge on any atom is -0.483 e. The monoisotopic (exact) mass is 380 g/mol. The molecule has 1 aromatic carbocycles. The van der Waals surface area contributed by atoms with Crippen molar-refractivity contribution in [3.05, 3.63) is 34.1 Å². The number of rotatable bonds is 6. The number of nitro groups is 1. The molecular weight excluding hydrogens is 368 g/mol. The van der Waals surface area contributed by atoms with E-state index in [1.807, 2.05) is 0 Å². The van der Waals surface area contributed by atoms with Crippen LogP contribution in [0.25, 0.3) is 0 Å². The van der Waals surface area contributed by atoms with E-state index in [2.05, 4.69) is 10.1 Å². The summed E-state index contributed by atoms with van der Waals surface area (Å²) in [7, 11) is 0. The molecule has 0 bridgehead atoms. The van der Waals surface area contributed by atoms with E-state index in [1.54, 1.807) is 0 Å². The number of carbonyl (C=O) groups is 2. The van der Waals surface area contributed by atoms with Gasteiger partial charge in [-0.1, -0.05) is 0 Å². The smallest absolute Gasteiger partial charge is 0.483 e. The number of esters is 1. The van der Waals surface area contributed by atoms with Crippen LogP contribution in [0.4, 0.5) is 23.2 Å². The highest BCUT2D eigenvalue weighted by atomic mass is 19.4. The lowest BCUT2D eigenvalue weighted by Crippen LogP contribution is -2.50. The zero-order valence-corrected chi connectivity index (χ0v) is 12.9. The highest BCUT2D eigenvalue weighted by molar-refractivity contribution is 5.82. The second-order valence-electron chi connectivity index (χ2n) is 5.42. The van der Waals surface area contributed by atoms with E-state index in [-0.39, 0.29) is 18.6 Å². The zero-order valence-electron chi connectivity index (χ0n) is 12.9. The number of halogens is 4. The van der Waals surface area contributed by atoms with Gasteiger partial charge in [0.15, 0.2) is 12.4 Å². The lowest BCUT2D eigenvalue weighted by Gasteiger charge is -2.35. The molecule has 1 aliphatic rings. The summed E-state index contributed by atoms with van der Waals surface area (Å²) in [6.07, 6.45) is -5.33. The summed E-state index contributed by atoms with van der Waals surface area (Å²) in [5.41, 5.74) is -0.419. The van der Waals surface area contributed by atoms with Crippen molar-refractivity contribution in [1.29, 1.82) is 0 Å². The Hall–Kier alpha value is -2.92.